The van der Waals surface area contributed by atoms with E-state index < -0.39 is 0 Å². The highest BCUT2D eigenvalue weighted by Gasteiger charge is 2.21. The third-order valence-corrected chi connectivity index (χ3v) is 10.0. The van der Waals surface area contributed by atoms with Crippen LogP contribution in [0.5, 0.6) is 0 Å². The Balaban J connectivity index is 1.27. The van der Waals surface area contributed by atoms with Crippen LogP contribution in [0.4, 0.5) is 0 Å². The van der Waals surface area contributed by atoms with E-state index in [1.807, 2.05) is 18.2 Å². The standard InChI is InChI=1S/C49H32N4/c1-4-16-33(17-5-1)36-28-29-42(46(32-36)53-44-26-14-12-24-40(44)41-25-13-15-27-45(41)53)49-51-47(35-20-8-3-9-21-35)50-48(52-49)38-30-37-22-10-11-23-39(37)43(31-38)34-18-6-2-7-19-34/h1-32H. The molecule has 53 heavy (non-hydrogen) atoms. The third kappa shape index (κ3) is 5.45. The first kappa shape index (κ1) is 30.6. The van der Waals surface area contributed by atoms with Gasteiger partial charge in [-0.1, -0.05) is 158 Å². The van der Waals surface area contributed by atoms with E-state index >= 15 is 0 Å². The van der Waals surface area contributed by atoms with Gasteiger partial charge in [0, 0.05) is 27.5 Å². The molecule has 8 aromatic carbocycles. The molecule has 0 bridgehead atoms. The Morgan fingerprint density at radius 2 is 0.811 bits per heavy atom. The summed E-state index contributed by atoms with van der Waals surface area (Å²) < 4.78 is 2.36. The van der Waals surface area contributed by atoms with Crippen LogP contribution in [-0.2, 0) is 0 Å². The number of aromatic nitrogens is 4. The van der Waals surface area contributed by atoms with Crippen LogP contribution >= 0.6 is 0 Å². The van der Waals surface area contributed by atoms with Crippen LogP contribution in [0.1, 0.15) is 0 Å². The van der Waals surface area contributed by atoms with Crippen LogP contribution in [0.3, 0.4) is 0 Å². The Morgan fingerprint density at radius 1 is 0.302 bits per heavy atom. The summed E-state index contributed by atoms with van der Waals surface area (Å²) in [6.07, 6.45) is 0. The fraction of sp³-hybridized carbons (Fsp3) is 0. The Labute approximate surface area is 307 Å². The first-order valence-electron chi connectivity index (χ1n) is 17.9. The first-order valence-corrected chi connectivity index (χ1v) is 17.9. The number of para-hydroxylation sites is 2. The van der Waals surface area contributed by atoms with Crippen molar-refractivity contribution >= 4 is 32.6 Å². The SMILES string of the molecule is c1ccc(-c2ccc(-c3nc(-c4ccccc4)nc(-c4cc(-c5ccccc5)c5ccccc5c4)n3)c(-n3c4ccccc4c4ccccc43)c2)cc1. The van der Waals surface area contributed by atoms with Crippen molar-refractivity contribution in [3.63, 3.8) is 0 Å². The molecule has 0 saturated heterocycles. The molecule has 2 aromatic heterocycles. The lowest BCUT2D eigenvalue weighted by atomic mass is 9.95. The highest BCUT2D eigenvalue weighted by molar-refractivity contribution is 6.10. The van der Waals surface area contributed by atoms with Gasteiger partial charge in [0.15, 0.2) is 17.5 Å². The van der Waals surface area contributed by atoms with E-state index in [0.717, 1.165) is 61.1 Å². The van der Waals surface area contributed by atoms with E-state index in [1.165, 1.54) is 16.2 Å². The molecule has 248 valence electrons. The Hall–Kier alpha value is -7.17. The van der Waals surface area contributed by atoms with Gasteiger partial charge in [0.25, 0.3) is 0 Å². The van der Waals surface area contributed by atoms with Crippen molar-refractivity contribution in [2.45, 2.75) is 0 Å². The minimum atomic E-state index is 0.611. The molecular weight excluding hydrogens is 645 g/mol. The summed E-state index contributed by atoms with van der Waals surface area (Å²) in [7, 11) is 0. The highest BCUT2D eigenvalue weighted by Crippen LogP contribution is 2.39. The zero-order valence-corrected chi connectivity index (χ0v) is 28.8. The van der Waals surface area contributed by atoms with Gasteiger partial charge in [0.05, 0.1) is 16.7 Å². The third-order valence-electron chi connectivity index (χ3n) is 10.0. The summed E-state index contributed by atoms with van der Waals surface area (Å²) >= 11 is 0. The summed E-state index contributed by atoms with van der Waals surface area (Å²) in [5.74, 6) is 1.86. The average Bonchev–Trinajstić information content (AvgIpc) is 3.58. The van der Waals surface area contributed by atoms with Gasteiger partial charge in [0.2, 0.25) is 0 Å². The minimum Gasteiger partial charge on any atom is -0.308 e. The molecule has 0 N–H and O–H groups in total. The maximum Gasteiger partial charge on any atom is 0.166 e. The van der Waals surface area contributed by atoms with Gasteiger partial charge in [-0.05, 0) is 69.4 Å². The molecule has 0 spiro atoms. The monoisotopic (exact) mass is 676 g/mol. The molecule has 10 rings (SSSR count). The van der Waals surface area contributed by atoms with E-state index in [9.17, 15) is 0 Å². The van der Waals surface area contributed by atoms with Gasteiger partial charge >= 0.3 is 0 Å². The Bertz CT molecular complexity index is 2880. The molecule has 0 atom stereocenters. The summed E-state index contributed by atoms with van der Waals surface area (Å²) in [5, 5.41) is 4.71. The molecule has 0 aliphatic heterocycles. The predicted molar refractivity (Wildman–Crippen MR) is 219 cm³/mol. The molecule has 4 nitrogen and oxygen atoms in total. The van der Waals surface area contributed by atoms with Crippen molar-refractivity contribution in [1.29, 1.82) is 0 Å². The van der Waals surface area contributed by atoms with E-state index in [2.05, 4.69) is 180 Å². The smallest absolute Gasteiger partial charge is 0.166 e. The van der Waals surface area contributed by atoms with Crippen LogP contribution in [0.25, 0.3) is 94.7 Å². The lowest BCUT2D eigenvalue weighted by Crippen LogP contribution is -2.04. The van der Waals surface area contributed by atoms with Gasteiger partial charge in [-0.15, -0.1) is 0 Å². The largest absolute Gasteiger partial charge is 0.308 e. The van der Waals surface area contributed by atoms with Crippen LogP contribution in [0, 0.1) is 0 Å². The first-order chi connectivity index (χ1) is 26.3. The Kier molecular flexibility index (Phi) is 7.43. The van der Waals surface area contributed by atoms with Gasteiger partial charge < -0.3 is 4.57 Å². The molecule has 0 aliphatic rings. The fourth-order valence-corrected chi connectivity index (χ4v) is 7.54. The lowest BCUT2D eigenvalue weighted by molar-refractivity contribution is 1.06. The Morgan fingerprint density at radius 3 is 1.47 bits per heavy atom. The van der Waals surface area contributed by atoms with Crippen LogP contribution in [0.2, 0.25) is 0 Å². The number of fused-ring (bicyclic) bond motifs is 4. The van der Waals surface area contributed by atoms with Crippen LogP contribution < -0.4 is 0 Å². The molecule has 0 saturated carbocycles. The number of hydrogen-bond acceptors (Lipinski definition) is 3. The molecule has 0 aliphatic carbocycles. The maximum atomic E-state index is 5.34. The van der Waals surface area contributed by atoms with Crippen molar-refractivity contribution in [2.24, 2.45) is 0 Å². The molecule has 0 fully saturated rings. The molecule has 2 heterocycles. The van der Waals surface area contributed by atoms with Crippen LogP contribution in [0.15, 0.2) is 194 Å². The van der Waals surface area contributed by atoms with Gasteiger partial charge in [0.1, 0.15) is 0 Å². The van der Waals surface area contributed by atoms with Crippen LogP contribution in [-0.4, -0.2) is 19.5 Å². The summed E-state index contributed by atoms with van der Waals surface area (Å²) in [4.78, 5) is 15.7. The maximum absolute atomic E-state index is 5.34. The molecule has 0 amide bonds. The van der Waals surface area contributed by atoms with E-state index in [1.54, 1.807) is 0 Å². The molecular formula is C49H32N4. The quantitative estimate of drug-likeness (QED) is 0.176. The van der Waals surface area contributed by atoms with Gasteiger partial charge in [-0.2, -0.15) is 0 Å². The average molecular weight is 677 g/mol. The summed E-state index contributed by atoms with van der Waals surface area (Å²) in [5.41, 5.74) is 10.6. The van der Waals surface area contributed by atoms with Crippen molar-refractivity contribution in [3.05, 3.63) is 194 Å². The van der Waals surface area contributed by atoms with Gasteiger partial charge in [-0.3, -0.25) is 0 Å². The highest BCUT2D eigenvalue weighted by atomic mass is 15.1. The van der Waals surface area contributed by atoms with E-state index in [4.69, 9.17) is 15.0 Å². The minimum absolute atomic E-state index is 0.611. The summed E-state index contributed by atoms with van der Waals surface area (Å²) in [6, 6.07) is 68.1. The number of hydrogen-bond donors (Lipinski definition) is 0. The second-order valence-corrected chi connectivity index (χ2v) is 13.3. The zero-order valence-electron chi connectivity index (χ0n) is 28.8. The van der Waals surface area contributed by atoms with Gasteiger partial charge in [-0.25, -0.2) is 15.0 Å². The van der Waals surface area contributed by atoms with Crippen molar-refractivity contribution in [2.75, 3.05) is 0 Å². The molecule has 0 radical (unpaired) electrons. The number of benzene rings is 8. The lowest BCUT2D eigenvalue weighted by Gasteiger charge is -2.17. The normalized spacial score (nSPS) is 11.4. The number of rotatable bonds is 6. The number of nitrogens with zero attached hydrogens (tertiary/aromatic N) is 4. The van der Waals surface area contributed by atoms with Crippen molar-refractivity contribution in [3.8, 4) is 62.1 Å². The second kappa shape index (κ2) is 12.9. The topological polar surface area (TPSA) is 43.6 Å². The fourth-order valence-electron chi connectivity index (χ4n) is 7.54. The molecule has 0 unspecified atom stereocenters. The molecule has 10 aromatic rings. The van der Waals surface area contributed by atoms with Crippen molar-refractivity contribution in [1.82, 2.24) is 19.5 Å². The second-order valence-electron chi connectivity index (χ2n) is 13.3. The van der Waals surface area contributed by atoms with E-state index in [-0.39, 0.29) is 0 Å². The molecule has 4 heteroatoms. The zero-order chi connectivity index (χ0) is 35.1. The predicted octanol–water partition coefficient (Wildman–Crippen LogP) is 12.5. The van der Waals surface area contributed by atoms with Crippen molar-refractivity contribution < 1.29 is 0 Å². The summed E-state index contributed by atoms with van der Waals surface area (Å²) in [6.45, 7) is 0. The van der Waals surface area contributed by atoms with E-state index in [0.29, 0.717) is 17.5 Å².